The van der Waals surface area contributed by atoms with Crippen molar-refractivity contribution in [1.82, 2.24) is 9.71 Å². The lowest BCUT2D eigenvalue weighted by molar-refractivity contribution is 0.574. The molecule has 7 heteroatoms. The van der Waals surface area contributed by atoms with E-state index < -0.39 is 15.8 Å². The van der Waals surface area contributed by atoms with Crippen molar-refractivity contribution in [1.29, 1.82) is 0 Å². The van der Waals surface area contributed by atoms with Gasteiger partial charge in [0, 0.05) is 29.6 Å². The first-order valence-electron chi connectivity index (χ1n) is 6.64. The van der Waals surface area contributed by atoms with Crippen LogP contribution < -0.4 is 4.72 Å². The number of sulfonamides is 1. The summed E-state index contributed by atoms with van der Waals surface area (Å²) in [6, 6.07) is 5.89. The molecule has 1 aromatic carbocycles. The number of rotatable bonds is 7. The van der Waals surface area contributed by atoms with Crippen molar-refractivity contribution in [3.63, 3.8) is 0 Å². The van der Waals surface area contributed by atoms with Crippen molar-refractivity contribution in [2.24, 2.45) is 0 Å². The summed E-state index contributed by atoms with van der Waals surface area (Å²) in [6.45, 7) is 2.32. The Hall–Kier alpha value is -1.31. The van der Waals surface area contributed by atoms with Crippen LogP contribution in [0, 0.1) is 5.82 Å². The summed E-state index contributed by atoms with van der Waals surface area (Å²) in [6.07, 6.45) is 3.28. The zero-order chi connectivity index (χ0) is 15.3. The van der Waals surface area contributed by atoms with E-state index in [-0.39, 0.29) is 17.9 Å². The standard InChI is InChI=1S/C14H17FN2O2S2/c1-2-12-9-16-14(20-12)7-8-17-21(18,19)10-11-5-3-4-6-13(11)15/h3-6,9,17H,2,7-8,10H2,1H3. The molecular weight excluding hydrogens is 311 g/mol. The highest BCUT2D eigenvalue weighted by Gasteiger charge is 2.14. The van der Waals surface area contributed by atoms with Gasteiger partial charge in [0.15, 0.2) is 0 Å². The molecule has 2 rings (SSSR count). The molecule has 0 amide bonds. The first-order chi connectivity index (χ1) is 10.00. The van der Waals surface area contributed by atoms with Crippen LogP contribution in [0.15, 0.2) is 30.5 Å². The molecule has 0 saturated carbocycles. The number of aryl methyl sites for hydroxylation is 1. The normalized spacial score (nSPS) is 11.7. The van der Waals surface area contributed by atoms with Crippen molar-refractivity contribution in [3.8, 4) is 0 Å². The molecule has 1 aromatic heterocycles. The zero-order valence-electron chi connectivity index (χ0n) is 11.7. The number of hydrogen-bond donors (Lipinski definition) is 1. The molecule has 21 heavy (non-hydrogen) atoms. The molecule has 0 radical (unpaired) electrons. The highest BCUT2D eigenvalue weighted by atomic mass is 32.2. The first-order valence-corrected chi connectivity index (χ1v) is 9.11. The SMILES string of the molecule is CCc1cnc(CCNS(=O)(=O)Cc2ccccc2F)s1. The summed E-state index contributed by atoms with van der Waals surface area (Å²) in [5.41, 5.74) is 0.174. The second kappa shape index (κ2) is 7.11. The summed E-state index contributed by atoms with van der Waals surface area (Å²) >= 11 is 1.58. The third-order valence-electron chi connectivity index (χ3n) is 2.91. The van der Waals surface area contributed by atoms with Gasteiger partial charge in [-0.05, 0) is 12.5 Å². The summed E-state index contributed by atoms with van der Waals surface area (Å²) in [5.74, 6) is -0.854. The molecule has 0 saturated heterocycles. The molecule has 1 N–H and O–H groups in total. The van der Waals surface area contributed by atoms with E-state index in [1.54, 1.807) is 17.4 Å². The number of nitrogens with zero attached hydrogens (tertiary/aromatic N) is 1. The predicted molar refractivity (Wildman–Crippen MR) is 82.2 cm³/mol. The Balaban J connectivity index is 1.88. The van der Waals surface area contributed by atoms with Gasteiger partial charge in [0.05, 0.1) is 10.8 Å². The molecule has 0 unspecified atom stereocenters. The molecule has 4 nitrogen and oxygen atoms in total. The summed E-state index contributed by atoms with van der Waals surface area (Å²) < 4.78 is 39.7. The Kier molecular flexibility index (Phi) is 5.44. The van der Waals surface area contributed by atoms with Crippen LogP contribution in [-0.4, -0.2) is 19.9 Å². The molecular formula is C14H17FN2O2S2. The zero-order valence-corrected chi connectivity index (χ0v) is 13.3. The van der Waals surface area contributed by atoms with Gasteiger partial charge in [-0.25, -0.2) is 22.5 Å². The average Bonchev–Trinajstić information content (AvgIpc) is 2.89. The van der Waals surface area contributed by atoms with Gasteiger partial charge in [-0.15, -0.1) is 11.3 Å². The molecule has 114 valence electrons. The van der Waals surface area contributed by atoms with Crippen LogP contribution in [-0.2, 0) is 28.6 Å². The fraction of sp³-hybridized carbons (Fsp3) is 0.357. The van der Waals surface area contributed by atoms with Gasteiger partial charge in [-0.3, -0.25) is 0 Å². The van der Waals surface area contributed by atoms with Gasteiger partial charge in [-0.2, -0.15) is 0 Å². The topological polar surface area (TPSA) is 59.1 Å². The van der Waals surface area contributed by atoms with E-state index in [4.69, 9.17) is 0 Å². The van der Waals surface area contributed by atoms with Gasteiger partial charge in [-0.1, -0.05) is 25.1 Å². The summed E-state index contributed by atoms with van der Waals surface area (Å²) in [4.78, 5) is 5.41. The van der Waals surface area contributed by atoms with E-state index in [0.29, 0.717) is 6.42 Å². The maximum absolute atomic E-state index is 13.4. The van der Waals surface area contributed by atoms with Gasteiger partial charge in [0.25, 0.3) is 0 Å². The van der Waals surface area contributed by atoms with E-state index in [2.05, 4.69) is 16.6 Å². The van der Waals surface area contributed by atoms with Crippen molar-refractivity contribution < 1.29 is 12.8 Å². The molecule has 1 heterocycles. The summed E-state index contributed by atoms with van der Waals surface area (Å²) in [5, 5.41) is 0.903. The Morgan fingerprint density at radius 1 is 1.33 bits per heavy atom. The van der Waals surface area contributed by atoms with Gasteiger partial charge in [0.2, 0.25) is 10.0 Å². The van der Waals surface area contributed by atoms with Crippen molar-refractivity contribution >= 4 is 21.4 Å². The van der Waals surface area contributed by atoms with E-state index in [9.17, 15) is 12.8 Å². The minimum atomic E-state index is -3.54. The first kappa shape index (κ1) is 16.1. The maximum atomic E-state index is 13.4. The quantitative estimate of drug-likeness (QED) is 0.849. The number of benzene rings is 1. The molecule has 0 fully saturated rings. The van der Waals surface area contributed by atoms with Crippen molar-refractivity contribution in [2.45, 2.75) is 25.5 Å². The smallest absolute Gasteiger partial charge is 0.215 e. The predicted octanol–water partition coefficient (Wildman–Crippen LogP) is 2.51. The Morgan fingerprint density at radius 2 is 2.10 bits per heavy atom. The van der Waals surface area contributed by atoms with E-state index in [1.165, 1.54) is 23.1 Å². The molecule has 2 aromatic rings. The van der Waals surface area contributed by atoms with Crippen LogP contribution in [0.2, 0.25) is 0 Å². The average molecular weight is 328 g/mol. The van der Waals surface area contributed by atoms with E-state index in [0.717, 1.165) is 11.4 Å². The van der Waals surface area contributed by atoms with Gasteiger partial charge >= 0.3 is 0 Å². The molecule has 0 aliphatic rings. The Labute approximate surface area is 128 Å². The molecule has 0 spiro atoms. The van der Waals surface area contributed by atoms with Gasteiger partial charge in [0.1, 0.15) is 5.82 Å². The third-order valence-corrected chi connectivity index (χ3v) is 5.45. The molecule has 0 bridgehead atoms. The van der Waals surface area contributed by atoms with Gasteiger partial charge < -0.3 is 0 Å². The van der Waals surface area contributed by atoms with Crippen LogP contribution in [0.1, 0.15) is 22.4 Å². The van der Waals surface area contributed by atoms with Crippen LogP contribution in [0.5, 0.6) is 0 Å². The molecule has 0 aliphatic heterocycles. The van der Waals surface area contributed by atoms with Crippen LogP contribution in [0.4, 0.5) is 4.39 Å². The van der Waals surface area contributed by atoms with E-state index in [1.807, 2.05) is 6.20 Å². The third kappa shape index (κ3) is 4.87. The number of aromatic nitrogens is 1. The second-order valence-electron chi connectivity index (χ2n) is 4.57. The maximum Gasteiger partial charge on any atom is 0.215 e. The lowest BCUT2D eigenvalue weighted by Gasteiger charge is -2.06. The van der Waals surface area contributed by atoms with Crippen molar-refractivity contribution in [2.75, 3.05) is 6.54 Å². The highest BCUT2D eigenvalue weighted by Crippen LogP contribution is 2.14. The second-order valence-corrected chi connectivity index (χ2v) is 7.58. The number of nitrogens with one attached hydrogen (secondary N) is 1. The van der Waals surface area contributed by atoms with Crippen LogP contribution >= 0.6 is 11.3 Å². The fourth-order valence-electron chi connectivity index (χ4n) is 1.81. The minimum Gasteiger partial charge on any atom is -0.249 e. The Bertz CT molecular complexity index is 699. The largest absolute Gasteiger partial charge is 0.249 e. The fourth-order valence-corrected chi connectivity index (χ4v) is 3.83. The number of thiazole rings is 1. The Morgan fingerprint density at radius 3 is 2.76 bits per heavy atom. The monoisotopic (exact) mass is 328 g/mol. The number of halogens is 1. The lowest BCUT2D eigenvalue weighted by Crippen LogP contribution is -2.27. The van der Waals surface area contributed by atoms with E-state index >= 15 is 0 Å². The van der Waals surface area contributed by atoms with Crippen molar-refractivity contribution in [3.05, 3.63) is 51.7 Å². The lowest BCUT2D eigenvalue weighted by atomic mass is 10.2. The number of hydrogen-bond acceptors (Lipinski definition) is 4. The van der Waals surface area contributed by atoms with Crippen LogP contribution in [0.25, 0.3) is 0 Å². The van der Waals surface area contributed by atoms with Crippen LogP contribution in [0.3, 0.4) is 0 Å². The molecule has 0 atom stereocenters. The minimum absolute atomic E-state index is 0.174. The molecule has 0 aliphatic carbocycles. The highest BCUT2D eigenvalue weighted by molar-refractivity contribution is 7.88. The summed E-state index contributed by atoms with van der Waals surface area (Å²) in [7, 11) is -3.54.